The molecular weight excluding hydrogens is 216 g/mol. The first-order valence-electron chi connectivity index (χ1n) is 5.73. The van der Waals surface area contributed by atoms with Crippen molar-refractivity contribution in [2.45, 2.75) is 26.3 Å². The number of benzene rings is 1. The molecule has 17 heavy (non-hydrogen) atoms. The van der Waals surface area contributed by atoms with E-state index in [0.717, 1.165) is 27.7 Å². The lowest BCUT2D eigenvalue weighted by Gasteiger charge is -2.14. The van der Waals surface area contributed by atoms with Crippen LogP contribution in [-0.4, -0.2) is 21.8 Å². The molecule has 1 atom stereocenters. The van der Waals surface area contributed by atoms with Gasteiger partial charge in [0.2, 0.25) is 0 Å². The fourth-order valence-electron chi connectivity index (χ4n) is 2.26. The fourth-order valence-corrected chi connectivity index (χ4v) is 2.26. The van der Waals surface area contributed by atoms with Gasteiger partial charge in [-0.2, -0.15) is 0 Å². The van der Waals surface area contributed by atoms with Crippen LogP contribution >= 0.6 is 0 Å². The number of H-pyrrole nitrogens is 1. The molecule has 0 aliphatic carbocycles. The number of phenolic OH excluding ortho intramolecular Hbond substituents is 1. The molecule has 0 aliphatic heterocycles. The zero-order valence-corrected chi connectivity index (χ0v) is 10.1. The lowest BCUT2D eigenvalue weighted by atomic mass is 9.97. The minimum Gasteiger partial charge on any atom is -0.508 e. The molecule has 0 spiro atoms. The minimum atomic E-state index is -0.349. The van der Waals surface area contributed by atoms with Crippen LogP contribution in [0.15, 0.2) is 12.1 Å². The summed E-state index contributed by atoms with van der Waals surface area (Å²) in [5, 5.41) is 19.9. The Morgan fingerprint density at radius 1 is 1.35 bits per heavy atom. The van der Waals surface area contributed by atoms with Gasteiger partial charge in [0.1, 0.15) is 5.75 Å². The molecule has 1 heterocycles. The first kappa shape index (κ1) is 12.0. The molecule has 1 aromatic heterocycles. The number of hydrogen-bond donors (Lipinski definition) is 4. The Morgan fingerprint density at radius 3 is 2.71 bits per heavy atom. The molecule has 4 nitrogen and oxygen atoms in total. The van der Waals surface area contributed by atoms with Gasteiger partial charge in [0.15, 0.2) is 0 Å². The second kappa shape index (κ2) is 4.39. The van der Waals surface area contributed by atoms with Gasteiger partial charge in [-0.25, -0.2) is 0 Å². The predicted molar refractivity (Wildman–Crippen MR) is 68.1 cm³/mol. The highest BCUT2D eigenvalue weighted by molar-refractivity contribution is 5.90. The van der Waals surface area contributed by atoms with Crippen molar-refractivity contribution in [3.05, 3.63) is 29.0 Å². The summed E-state index contributed by atoms with van der Waals surface area (Å²) in [6.45, 7) is 4.01. The molecule has 2 rings (SSSR count). The van der Waals surface area contributed by atoms with E-state index >= 15 is 0 Å². The Kier molecular flexibility index (Phi) is 3.09. The van der Waals surface area contributed by atoms with Crippen LogP contribution in [-0.2, 0) is 0 Å². The molecule has 5 N–H and O–H groups in total. The average molecular weight is 234 g/mol. The molecule has 0 bridgehead atoms. The highest BCUT2D eigenvalue weighted by atomic mass is 16.3. The lowest BCUT2D eigenvalue weighted by molar-refractivity contribution is 0.276. The third-order valence-corrected chi connectivity index (χ3v) is 3.29. The summed E-state index contributed by atoms with van der Waals surface area (Å²) in [5.74, 6) is 0.195. The molecule has 92 valence electrons. The van der Waals surface area contributed by atoms with Gasteiger partial charge in [-0.15, -0.1) is 0 Å². The highest BCUT2D eigenvalue weighted by Gasteiger charge is 2.18. The normalized spacial score (nSPS) is 13.2. The highest BCUT2D eigenvalue weighted by Crippen LogP contribution is 2.35. The number of aliphatic hydroxyl groups is 1. The number of fused-ring (bicyclic) bond motifs is 1. The molecular formula is C13H18N2O2. The van der Waals surface area contributed by atoms with E-state index in [0.29, 0.717) is 6.42 Å². The Morgan fingerprint density at radius 2 is 2.06 bits per heavy atom. The van der Waals surface area contributed by atoms with Gasteiger partial charge in [0.25, 0.3) is 0 Å². The average Bonchev–Trinajstić information content (AvgIpc) is 2.56. The van der Waals surface area contributed by atoms with Crippen LogP contribution in [0.2, 0.25) is 0 Å². The van der Waals surface area contributed by atoms with Crippen LogP contribution < -0.4 is 5.73 Å². The van der Waals surface area contributed by atoms with Gasteiger partial charge >= 0.3 is 0 Å². The summed E-state index contributed by atoms with van der Waals surface area (Å²) in [6.07, 6.45) is 0.441. The van der Waals surface area contributed by atoms with Crippen molar-refractivity contribution in [3.63, 3.8) is 0 Å². The maximum atomic E-state index is 9.96. The number of aromatic nitrogens is 1. The maximum Gasteiger partial charge on any atom is 0.121 e. The van der Waals surface area contributed by atoms with E-state index in [1.54, 1.807) is 6.07 Å². The first-order chi connectivity index (χ1) is 8.06. The molecule has 1 aromatic carbocycles. The molecule has 0 aliphatic rings. The molecule has 1 unspecified atom stereocenters. The van der Waals surface area contributed by atoms with E-state index in [2.05, 4.69) is 4.98 Å². The van der Waals surface area contributed by atoms with E-state index in [1.807, 2.05) is 19.9 Å². The van der Waals surface area contributed by atoms with E-state index in [4.69, 9.17) is 10.8 Å². The summed E-state index contributed by atoms with van der Waals surface area (Å²) in [7, 11) is 0. The Hall–Kier alpha value is -1.52. The zero-order valence-electron chi connectivity index (χ0n) is 10.1. The molecule has 0 amide bonds. The van der Waals surface area contributed by atoms with E-state index in [1.165, 1.54) is 0 Å². The third-order valence-electron chi connectivity index (χ3n) is 3.29. The number of phenols is 1. The van der Waals surface area contributed by atoms with Gasteiger partial charge in [0.05, 0.1) is 0 Å². The number of nitrogens with one attached hydrogen (secondary N) is 1. The molecule has 0 saturated heterocycles. The van der Waals surface area contributed by atoms with Crippen LogP contribution in [0.3, 0.4) is 0 Å². The van der Waals surface area contributed by atoms with E-state index < -0.39 is 0 Å². The van der Waals surface area contributed by atoms with Gasteiger partial charge in [-0.1, -0.05) is 0 Å². The van der Waals surface area contributed by atoms with Gasteiger partial charge in [-0.3, -0.25) is 0 Å². The number of hydrogen-bond acceptors (Lipinski definition) is 3. The molecule has 2 aromatic rings. The minimum absolute atomic E-state index is 0.0133. The van der Waals surface area contributed by atoms with E-state index in [-0.39, 0.29) is 18.4 Å². The Bertz CT molecular complexity index is 546. The van der Waals surface area contributed by atoms with Crippen molar-refractivity contribution < 1.29 is 10.2 Å². The molecule has 0 saturated carbocycles. The largest absolute Gasteiger partial charge is 0.508 e. The quantitative estimate of drug-likeness (QED) is 0.654. The monoisotopic (exact) mass is 234 g/mol. The third kappa shape index (κ3) is 1.90. The number of aryl methyl sites for hydroxylation is 2. The zero-order chi connectivity index (χ0) is 12.6. The summed E-state index contributed by atoms with van der Waals surface area (Å²) >= 11 is 0. The Balaban J connectivity index is 2.70. The van der Waals surface area contributed by atoms with Crippen molar-refractivity contribution in [2.75, 3.05) is 6.61 Å². The van der Waals surface area contributed by atoms with Crippen LogP contribution in [0, 0.1) is 13.8 Å². The van der Waals surface area contributed by atoms with Crippen LogP contribution in [0.1, 0.15) is 29.3 Å². The summed E-state index contributed by atoms with van der Waals surface area (Å²) in [4.78, 5) is 3.26. The smallest absolute Gasteiger partial charge is 0.121 e. The summed E-state index contributed by atoms with van der Waals surface area (Å²) in [6, 6.07) is 3.14. The summed E-state index contributed by atoms with van der Waals surface area (Å²) in [5.41, 5.74) is 9.88. The maximum absolute atomic E-state index is 9.96. The van der Waals surface area contributed by atoms with E-state index in [9.17, 15) is 5.11 Å². The topological polar surface area (TPSA) is 82.3 Å². The van der Waals surface area contributed by atoms with Crippen molar-refractivity contribution in [1.82, 2.24) is 4.98 Å². The van der Waals surface area contributed by atoms with Gasteiger partial charge in [-0.05, 0) is 38.0 Å². The number of aromatic amines is 1. The van der Waals surface area contributed by atoms with Crippen LogP contribution in [0.5, 0.6) is 5.75 Å². The van der Waals surface area contributed by atoms with Gasteiger partial charge in [0, 0.05) is 34.8 Å². The Labute approximate surface area is 100 Å². The lowest BCUT2D eigenvalue weighted by Crippen LogP contribution is -2.12. The van der Waals surface area contributed by atoms with Crippen LogP contribution in [0.4, 0.5) is 0 Å². The van der Waals surface area contributed by atoms with Crippen molar-refractivity contribution in [3.8, 4) is 5.75 Å². The second-order valence-corrected chi connectivity index (χ2v) is 4.41. The number of aromatic hydroxyl groups is 1. The number of aliphatic hydroxyl groups excluding tert-OH is 1. The van der Waals surface area contributed by atoms with Crippen molar-refractivity contribution >= 4 is 10.9 Å². The molecule has 0 fully saturated rings. The standard InChI is InChI=1S/C13H18N2O2/c1-7-8(2)15-10-3-4-11(17)13(12(7)10)9(14)5-6-16/h3-4,9,15-17H,5-6,14H2,1-2H3. The second-order valence-electron chi connectivity index (χ2n) is 4.41. The number of nitrogens with two attached hydrogens (primary N) is 1. The summed E-state index contributed by atoms with van der Waals surface area (Å²) < 4.78 is 0. The first-order valence-corrected chi connectivity index (χ1v) is 5.73. The SMILES string of the molecule is Cc1[nH]c2ccc(O)c(C(N)CCO)c2c1C. The fraction of sp³-hybridized carbons (Fsp3) is 0.385. The molecule has 0 radical (unpaired) electrons. The number of rotatable bonds is 3. The van der Waals surface area contributed by atoms with Crippen LogP contribution in [0.25, 0.3) is 10.9 Å². The van der Waals surface area contributed by atoms with Crippen molar-refractivity contribution in [2.24, 2.45) is 5.73 Å². The van der Waals surface area contributed by atoms with Gasteiger partial charge < -0.3 is 20.9 Å². The van der Waals surface area contributed by atoms with Crippen molar-refractivity contribution in [1.29, 1.82) is 0 Å². The predicted octanol–water partition coefficient (Wildman–Crippen LogP) is 1.87. The molecule has 4 heteroatoms.